The van der Waals surface area contributed by atoms with E-state index in [0.717, 1.165) is 22.4 Å². The molecule has 6 heteroatoms. The van der Waals surface area contributed by atoms with Crippen molar-refractivity contribution in [3.63, 3.8) is 0 Å². The number of pyridine rings is 2. The van der Waals surface area contributed by atoms with Crippen LogP contribution < -0.4 is 15.4 Å². The van der Waals surface area contributed by atoms with E-state index in [9.17, 15) is 4.79 Å². The lowest BCUT2D eigenvalue weighted by Crippen LogP contribution is -2.34. The molecule has 0 aliphatic carbocycles. The van der Waals surface area contributed by atoms with Crippen molar-refractivity contribution in [2.24, 2.45) is 0 Å². The number of hydrogen-bond acceptors (Lipinski definition) is 4. The number of nitrogens with one attached hydrogen (secondary N) is 2. The second kappa shape index (κ2) is 7.40. The molecule has 0 saturated carbocycles. The summed E-state index contributed by atoms with van der Waals surface area (Å²) in [5.74, 6) is 0.548. The molecule has 2 aromatic rings. The molecule has 0 aromatic carbocycles. The molecule has 0 saturated heterocycles. The lowest BCUT2D eigenvalue weighted by atomic mass is 10.1. The second-order valence-electron chi connectivity index (χ2n) is 4.96. The Labute approximate surface area is 129 Å². The lowest BCUT2D eigenvalue weighted by molar-refractivity contribution is 0.240. The van der Waals surface area contributed by atoms with Crippen molar-refractivity contribution < 1.29 is 9.53 Å². The van der Waals surface area contributed by atoms with E-state index in [-0.39, 0.29) is 6.03 Å². The zero-order valence-corrected chi connectivity index (χ0v) is 13.0. The Bertz CT molecular complexity index is 644. The van der Waals surface area contributed by atoms with Crippen LogP contribution in [0, 0.1) is 13.8 Å². The number of amides is 2. The predicted molar refractivity (Wildman–Crippen MR) is 83.6 cm³/mol. The third-order valence-electron chi connectivity index (χ3n) is 3.26. The normalized spacial score (nSPS) is 10.1. The van der Waals surface area contributed by atoms with Crippen LogP contribution in [0.4, 0.5) is 4.79 Å². The molecule has 2 N–H and O–H groups in total. The number of nitrogens with zero attached hydrogens (tertiary/aromatic N) is 2. The summed E-state index contributed by atoms with van der Waals surface area (Å²) in [6.07, 6.45) is 3.39. The van der Waals surface area contributed by atoms with E-state index in [1.54, 1.807) is 19.5 Å². The lowest BCUT2D eigenvalue weighted by Gasteiger charge is -2.13. The summed E-state index contributed by atoms with van der Waals surface area (Å²) in [6, 6.07) is 5.45. The molecule has 2 rings (SSSR count). The van der Waals surface area contributed by atoms with Gasteiger partial charge in [-0.2, -0.15) is 0 Å². The molecule has 0 aliphatic heterocycles. The van der Waals surface area contributed by atoms with Gasteiger partial charge in [-0.3, -0.25) is 4.98 Å². The SMILES string of the molecule is COc1nc(C)cc(C)c1CNC(=O)NCc1ccncc1. The molecule has 2 amide bonds. The van der Waals surface area contributed by atoms with Gasteiger partial charge >= 0.3 is 6.03 Å². The number of ether oxygens (including phenoxy) is 1. The summed E-state index contributed by atoms with van der Waals surface area (Å²) < 4.78 is 5.28. The number of carbonyl (C=O) groups excluding carboxylic acids is 1. The number of aryl methyl sites for hydroxylation is 2. The summed E-state index contributed by atoms with van der Waals surface area (Å²) in [5, 5.41) is 5.62. The van der Waals surface area contributed by atoms with Crippen molar-refractivity contribution in [3.8, 4) is 5.88 Å². The summed E-state index contributed by atoms with van der Waals surface area (Å²) in [5.41, 5.74) is 3.81. The third-order valence-corrected chi connectivity index (χ3v) is 3.26. The third kappa shape index (κ3) is 4.18. The summed E-state index contributed by atoms with van der Waals surface area (Å²) in [6.45, 7) is 4.71. The van der Waals surface area contributed by atoms with Gasteiger partial charge in [0.1, 0.15) is 0 Å². The highest BCUT2D eigenvalue weighted by atomic mass is 16.5. The van der Waals surface area contributed by atoms with Gasteiger partial charge in [0.25, 0.3) is 0 Å². The summed E-state index contributed by atoms with van der Waals surface area (Å²) in [4.78, 5) is 20.1. The topological polar surface area (TPSA) is 76.1 Å². The van der Waals surface area contributed by atoms with E-state index in [0.29, 0.717) is 19.0 Å². The molecule has 0 fully saturated rings. The molecular weight excluding hydrogens is 280 g/mol. The van der Waals surface area contributed by atoms with Crippen LogP contribution in [0.3, 0.4) is 0 Å². The van der Waals surface area contributed by atoms with Crippen LogP contribution in [0.15, 0.2) is 30.6 Å². The molecule has 2 aromatic heterocycles. The number of carbonyl (C=O) groups is 1. The van der Waals surface area contributed by atoms with Gasteiger partial charge in [0.2, 0.25) is 5.88 Å². The van der Waals surface area contributed by atoms with Crippen LogP contribution in [0.1, 0.15) is 22.4 Å². The molecule has 0 spiro atoms. The van der Waals surface area contributed by atoms with Crippen LogP contribution in [0.5, 0.6) is 5.88 Å². The standard InChI is InChI=1S/C16H20N4O2/c1-11-8-12(2)20-15(22-3)14(11)10-19-16(21)18-9-13-4-6-17-7-5-13/h4-8H,9-10H2,1-3H3,(H2,18,19,21). The van der Waals surface area contributed by atoms with Gasteiger partial charge < -0.3 is 15.4 Å². The minimum Gasteiger partial charge on any atom is -0.481 e. The smallest absolute Gasteiger partial charge is 0.315 e. The first-order valence-corrected chi connectivity index (χ1v) is 7.02. The zero-order chi connectivity index (χ0) is 15.9. The molecular formula is C16H20N4O2. The fourth-order valence-corrected chi connectivity index (χ4v) is 2.13. The fraction of sp³-hybridized carbons (Fsp3) is 0.312. The first-order chi connectivity index (χ1) is 10.6. The quantitative estimate of drug-likeness (QED) is 0.886. The Hall–Kier alpha value is -2.63. The minimum atomic E-state index is -0.237. The van der Waals surface area contributed by atoms with Crippen LogP contribution in [0.25, 0.3) is 0 Å². The Morgan fingerprint density at radius 2 is 1.86 bits per heavy atom. The molecule has 0 aliphatic rings. The number of rotatable bonds is 5. The highest BCUT2D eigenvalue weighted by Gasteiger charge is 2.10. The fourth-order valence-electron chi connectivity index (χ4n) is 2.13. The monoisotopic (exact) mass is 300 g/mol. The summed E-state index contributed by atoms with van der Waals surface area (Å²) in [7, 11) is 1.58. The van der Waals surface area contributed by atoms with Crippen molar-refractivity contribution in [3.05, 3.63) is 53.0 Å². The van der Waals surface area contributed by atoms with Gasteiger partial charge in [0.15, 0.2) is 0 Å². The Balaban J connectivity index is 1.91. The number of aromatic nitrogens is 2. The minimum absolute atomic E-state index is 0.237. The maximum atomic E-state index is 11.9. The first kappa shape index (κ1) is 15.8. The Kier molecular flexibility index (Phi) is 5.30. The van der Waals surface area contributed by atoms with Crippen molar-refractivity contribution in [1.82, 2.24) is 20.6 Å². The van der Waals surface area contributed by atoms with Gasteiger partial charge in [-0.15, -0.1) is 0 Å². The Morgan fingerprint density at radius 3 is 2.55 bits per heavy atom. The summed E-state index contributed by atoms with van der Waals surface area (Å²) >= 11 is 0. The predicted octanol–water partition coefficient (Wildman–Crippen LogP) is 2.10. The molecule has 0 atom stereocenters. The molecule has 2 heterocycles. The van der Waals surface area contributed by atoms with Gasteiger partial charge in [-0.1, -0.05) is 0 Å². The largest absolute Gasteiger partial charge is 0.481 e. The molecule has 0 unspecified atom stereocenters. The van der Waals surface area contributed by atoms with Gasteiger partial charge in [0, 0.05) is 30.2 Å². The average molecular weight is 300 g/mol. The Morgan fingerprint density at radius 1 is 1.18 bits per heavy atom. The zero-order valence-electron chi connectivity index (χ0n) is 13.0. The van der Waals surface area contributed by atoms with Gasteiger partial charge in [-0.05, 0) is 43.2 Å². The van der Waals surface area contributed by atoms with Crippen molar-refractivity contribution in [2.45, 2.75) is 26.9 Å². The maximum absolute atomic E-state index is 11.9. The molecule has 6 nitrogen and oxygen atoms in total. The molecule has 116 valence electrons. The van der Waals surface area contributed by atoms with E-state index in [4.69, 9.17) is 4.74 Å². The van der Waals surface area contributed by atoms with E-state index >= 15 is 0 Å². The molecule has 22 heavy (non-hydrogen) atoms. The van der Waals surface area contributed by atoms with E-state index < -0.39 is 0 Å². The van der Waals surface area contributed by atoms with Crippen LogP contribution in [-0.2, 0) is 13.1 Å². The van der Waals surface area contributed by atoms with Crippen LogP contribution in [-0.4, -0.2) is 23.1 Å². The molecule has 0 radical (unpaired) electrons. The van der Waals surface area contributed by atoms with E-state index in [2.05, 4.69) is 20.6 Å². The van der Waals surface area contributed by atoms with Crippen molar-refractivity contribution >= 4 is 6.03 Å². The van der Waals surface area contributed by atoms with Crippen LogP contribution >= 0.6 is 0 Å². The van der Waals surface area contributed by atoms with E-state index in [1.807, 2.05) is 32.0 Å². The number of urea groups is 1. The highest BCUT2D eigenvalue weighted by molar-refractivity contribution is 5.73. The van der Waals surface area contributed by atoms with Crippen molar-refractivity contribution in [1.29, 1.82) is 0 Å². The van der Waals surface area contributed by atoms with E-state index in [1.165, 1.54) is 0 Å². The van der Waals surface area contributed by atoms with Gasteiger partial charge in [0.05, 0.1) is 13.7 Å². The average Bonchev–Trinajstić information content (AvgIpc) is 2.52. The maximum Gasteiger partial charge on any atom is 0.315 e. The molecule has 0 bridgehead atoms. The first-order valence-electron chi connectivity index (χ1n) is 7.02. The van der Waals surface area contributed by atoms with Crippen molar-refractivity contribution in [2.75, 3.05) is 7.11 Å². The number of methoxy groups -OCH3 is 1. The number of hydrogen-bond donors (Lipinski definition) is 2. The second-order valence-corrected chi connectivity index (χ2v) is 4.96. The van der Waals surface area contributed by atoms with Crippen LogP contribution in [0.2, 0.25) is 0 Å². The highest BCUT2D eigenvalue weighted by Crippen LogP contribution is 2.20. The van der Waals surface area contributed by atoms with Gasteiger partial charge in [-0.25, -0.2) is 9.78 Å².